The Morgan fingerprint density at radius 1 is 0.895 bits per heavy atom. The van der Waals surface area contributed by atoms with Crippen LogP contribution in [0.2, 0.25) is 5.02 Å². The molecular weight excluding hydrogens is 501 g/mol. The van der Waals surface area contributed by atoms with Gasteiger partial charge in [-0.1, -0.05) is 78.3 Å². The highest BCUT2D eigenvalue weighted by Crippen LogP contribution is 2.34. The maximum Gasteiger partial charge on any atom is 0.258 e. The summed E-state index contributed by atoms with van der Waals surface area (Å²) in [4.78, 5) is 30.3. The molecule has 5 rings (SSSR count). The van der Waals surface area contributed by atoms with E-state index in [4.69, 9.17) is 11.6 Å². The van der Waals surface area contributed by atoms with Crippen LogP contribution in [-0.4, -0.2) is 54.3 Å². The molecular formula is C31H33ClFN3O2. The Labute approximate surface area is 228 Å². The molecule has 2 heterocycles. The van der Waals surface area contributed by atoms with Gasteiger partial charge in [0.25, 0.3) is 5.91 Å². The summed E-state index contributed by atoms with van der Waals surface area (Å²) in [5.41, 5.74) is 2.07. The van der Waals surface area contributed by atoms with Gasteiger partial charge in [0.1, 0.15) is 5.82 Å². The van der Waals surface area contributed by atoms with E-state index in [0.717, 1.165) is 37.2 Å². The van der Waals surface area contributed by atoms with Crippen LogP contribution >= 0.6 is 11.6 Å². The van der Waals surface area contributed by atoms with Crippen LogP contribution in [0, 0.1) is 17.7 Å². The molecule has 0 aliphatic carbocycles. The van der Waals surface area contributed by atoms with Gasteiger partial charge in [-0.05, 0) is 48.4 Å². The Balaban J connectivity index is 1.18. The van der Waals surface area contributed by atoms with E-state index >= 15 is 0 Å². The number of carbonyl (C=O) groups excluding carboxylic acids is 2. The first-order valence-corrected chi connectivity index (χ1v) is 13.6. The minimum Gasteiger partial charge on any atom is -0.349 e. The molecule has 38 heavy (non-hydrogen) atoms. The van der Waals surface area contributed by atoms with Crippen LogP contribution in [0.4, 0.5) is 4.39 Å². The molecule has 3 aromatic carbocycles. The van der Waals surface area contributed by atoms with Crippen LogP contribution in [0.25, 0.3) is 0 Å². The van der Waals surface area contributed by atoms with E-state index in [9.17, 15) is 14.0 Å². The third-order valence-electron chi connectivity index (χ3n) is 7.97. The van der Waals surface area contributed by atoms with Gasteiger partial charge >= 0.3 is 0 Å². The Kier molecular flexibility index (Phi) is 8.10. The Morgan fingerprint density at radius 3 is 2.11 bits per heavy atom. The highest BCUT2D eigenvalue weighted by Gasteiger charge is 2.42. The lowest BCUT2D eigenvalue weighted by Crippen LogP contribution is -2.36. The number of halogens is 2. The smallest absolute Gasteiger partial charge is 0.258 e. The average Bonchev–Trinajstić information content (AvgIpc) is 3.50. The van der Waals surface area contributed by atoms with E-state index < -0.39 is 5.82 Å². The van der Waals surface area contributed by atoms with Crippen molar-refractivity contribution in [1.82, 2.24) is 15.1 Å². The van der Waals surface area contributed by atoms with Gasteiger partial charge < -0.3 is 15.1 Å². The first kappa shape index (κ1) is 26.4. The Hall–Kier alpha value is -3.22. The van der Waals surface area contributed by atoms with Gasteiger partial charge in [0.2, 0.25) is 5.91 Å². The highest BCUT2D eigenvalue weighted by molar-refractivity contribution is 6.33. The highest BCUT2D eigenvalue weighted by atomic mass is 35.5. The van der Waals surface area contributed by atoms with Crippen molar-refractivity contribution >= 4 is 23.4 Å². The van der Waals surface area contributed by atoms with Crippen LogP contribution in [0.1, 0.15) is 46.8 Å². The lowest BCUT2D eigenvalue weighted by molar-refractivity contribution is -0.123. The number of hydrogen-bond donors (Lipinski definition) is 1. The number of likely N-dealkylation sites (tertiary alicyclic amines) is 2. The van der Waals surface area contributed by atoms with Crippen molar-refractivity contribution in [2.24, 2.45) is 11.8 Å². The SMILES string of the molecule is CC(C(=O)N[C@@H](CCN1CC2CN(C(=O)c3c(F)cccc3Cl)CC2C1)c1ccccc1)c1ccccc1. The molecule has 1 N–H and O–H groups in total. The van der Waals surface area contributed by atoms with E-state index in [1.165, 1.54) is 12.1 Å². The van der Waals surface area contributed by atoms with Crippen LogP contribution in [0.15, 0.2) is 78.9 Å². The first-order chi connectivity index (χ1) is 18.4. The minimum atomic E-state index is -0.572. The molecule has 0 saturated carbocycles. The van der Waals surface area contributed by atoms with E-state index in [1.807, 2.05) is 55.5 Å². The fraction of sp³-hybridized carbons (Fsp3) is 0.355. The molecule has 0 spiro atoms. The predicted octanol–water partition coefficient (Wildman–Crippen LogP) is 5.53. The molecule has 2 fully saturated rings. The number of carbonyl (C=O) groups is 2. The zero-order valence-corrected chi connectivity index (χ0v) is 22.3. The number of benzene rings is 3. The second-order valence-electron chi connectivity index (χ2n) is 10.5. The number of nitrogens with one attached hydrogen (secondary N) is 1. The molecule has 0 aromatic heterocycles. The van der Waals surface area contributed by atoms with Gasteiger partial charge in [-0.15, -0.1) is 0 Å². The number of rotatable bonds is 8. The number of nitrogens with zero attached hydrogens (tertiary/aromatic N) is 2. The van der Waals surface area contributed by atoms with E-state index in [2.05, 4.69) is 22.3 Å². The van der Waals surface area contributed by atoms with Gasteiger partial charge in [-0.3, -0.25) is 9.59 Å². The Bertz CT molecular complexity index is 1240. The van der Waals surface area contributed by atoms with Crippen LogP contribution < -0.4 is 5.32 Å². The lowest BCUT2D eigenvalue weighted by Gasteiger charge is -2.26. The van der Waals surface area contributed by atoms with Crippen molar-refractivity contribution in [3.63, 3.8) is 0 Å². The normalized spacial score (nSPS) is 20.7. The molecule has 2 aliphatic heterocycles. The molecule has 3 unspecified atom stereocenters. The maximum atomic E-state index is 14.3. The molecule has 0 radical (unpaired) electrons. The molecule has 198 valence electrons. The molecule has 2 saturated heterocycles. The molecule has 7 heteroatoms. The lowest BCUT2D eigenvalue weighted by atomic mass is 9.98. The summed E-state index contributed by atoms with van der Waals surface area (Å²) < 4.78 is 14.3. The zero-order chi connectivity index (χ0) is 26.6. The van der Waals surface area contributed by atoms with E-state index in [0.29, 0.717) is 24.9 Å². The van der Waals surface area contributed by atoms with Gasteiger partial charge in [0, 0.05) is 32.7 Å². The second-order valence-corrected chi connectivity index (χ2v) is 10.9. The maximum absolute atomic E-state index is 14.3. The molecule has 4 atom stereocenters. The molecule has 0 bridgehead atoms. The van der Waals surface area contributed by atoms with Gasteiger partial charge in [0.05, 0.1) is 22.5 Å². The molecule has 2 amide bonds. The number of hydrogen-bond acceptors (Lipinski definition) is 3. The summed E-state index contributed by atoms with van der Waals surface area (Å²) in [5.74, 6) is -0.408. The Morgan fingerprint density at radius 2 is 1.50 bits per heavy atom. The summed E-state index contributed by atoms with van der Waals surface area (Å²) in [6, 6.07) is 24.2. The fourth-order valence-corrected chi connectivity index (χ4v) is 6.05. The number of amides is 2. The fourth-order valence-electron chi connectivity index (χ4n) is 5.81. The first-order valence-electron chi connectivity index (χ1n) is 13.3. The zero-order valence-electron chi connectivity index (χ0n) is 21.5. The quantitative estimate of drug-likeness (QED) is 0.414. The van der Waals surface area contributed by atoms with Gasteiger partial charge in [-0.2, -0.15) is 0 Å². The van der Waals surface area contributed by atoms with Crippen molar-refractivity contribution < 1.29 is 14.0 Å². The summed E-state index contributed by atoms with van der Waals surface area (Å²) in [7, 11) is 0. The summed E-state index contributed by atoms with van der Waals surface area (Å²) in [6.07, 6.45) is 0.796. The monoisotopic (exact) mass is 533 g/mol. The van der Waals surface area contributed by atoms with E-state index in [1.54, 1.807) is 11.0 Å². The predicted molar refractivity (Wildman–Crippen MR) is 148 cm³/mol. The van der Waals surface area contributed by atoms with Crippen molar-refractivity contribution in [3.05, 3.63) is 106 Å². The van der Waals surface area contributed by atoms with Gasteiger partial charge in [0.15, 0.2) is 0 Å². The van der Waals surface area contributed by atoms with Crippen molar-refractivity contribution in [3.8, 4) is 0 Å². The average molecular weight is 534 g/mol. The molecule has 2 aliphatic rings. The summed E-state index contributed by atoms with van der Waals surface area (Å²) in [6.45, 7) is 5.77. The van der Waals surface area contributed by atoms with E-state index in [-0.39, 0.29) is 34.4 Å². The van der Waals surface area contributed by atoms with Gasteiger partial charge in [-0.25, -0.2) is 4.39 Å². The number of fused-ring (bicyclic) bond motifs is 1. The summed E-state index contributed by atoms with van der Waals surface area (Å²) in [5, 5.41) is 3.45. The van der Waals surface area contributed by atoms with Crippen LogP contribution in [0.5, 0.6) is 0 Å². The standard InChI is InChI=1S/C31H33ClFN3O2/c1-21(22-9-4-2-5-10-22)30(37)34-28(23-11-6-3-7-12-23)15-16-35-17-24-19-36(20-25(24)18-35)31(38)29-26(32)13-8-14-27(29)33/h2-14,21,24-25,28H,15-20H2,1H3,(H,34,37)/t21?,24?,25?,28-/m0/s1. The van der Waals surface area contributed by atoms with Crippen molar-refractivity contribution in [1.29, 1.82) is 0 Å². The third-order valence-corrected chi connectivity index (χ3v) is 8.29. The molecule has 3 aromatic rings. The van der Waals surface area contributed by atoms with Crippen molar-refractivity contribution in [2.45, 2.75) is 25.3 Å². The van der Waals surface area contributed by atoms with Crippen LogP contribution in [0.3, 0.4) is 0 Å². The van der Waals surface area contributed by atoms with Crippen LogP contribution in [-0.2, 0) is 4.79 Å². The molecule has 5 nitrogen and oxygen atoms in total. The topological polar surface area (TPSA) is 52.7 Å². The minimum absolute atomic E-state index is 0.0179. The summed E-state index contributed by atoms with van der Waals surface area (Å²) >= 11 is 6.13. The largest absolute Gasteiger partial charge is 0.349 e. The third kappa shape index (κ3) is 5.77. The second kappa shape index (κ2) is 11.7. The van der Waals surface area contributed by atoms with Crippen molar-refractivity contribution in [2.75, 3.05) is 32.7 Å².